The van der Waals surface area contributed by atoms with E-state index in [4.69, 9.17) is 0 Å². The van der Waals surface area contributed by atoms with Crippen molar-refractivity contribution in [2.24, 2.45) is 0 Å². The van der Waals surface area contributed by atoms with E-state index in [1.165, 1.54) is 5.56 Å². The van der Waals surface area contributed by atoms with Crippen LogP contribution in [0.1, 0.15) is 11.5 Å². The predicted molar refractivity (Wildman–Crippen MR) is 75.7 cm³/mol. The molecule has 1 aromatic heterocycles. The number of aromatic nitrogens is 2. The minimum Gasteiger partial charge on any atom is -0.231 e. The molecule has 2 rings (SSSR count). The van der Waals surface area contributed by atoms with Gasteiger partial charge in [-0.3, -0.25) is 0 Å². The zero-order valence-electron chi connectivity index (χ0n) is 9.29. The van der Waals surface area contributed by atoms with Crippen LogP contribution in [0.25, 0.3) is 0 Å². The topological polar surface area (TPSA) is 25.8 Å². The molecule has 0 aliphatic carbocycles. The van der Waals surface area contributed by atoms with E-state index >= 15 is 0 Å². The van der Waals surface area contributed by atoms with Gasteiger partial charge in [-0.15, -0.1) is 0 Å². The first-order chi connectivity index (χ1) is 8.40. The van der Waals surface area contributed by atoms with Gasteiger partial charge in [0.25, 0.3) is 0 Å². The minimum atomic E-state index is 0.491. The lowest BCUT2D eigenvalue weighted by Gasteiger charge is -2.13. The highest BCUT2D eigenvalue weighted by atomic mass is 79.9. The van der Waals surface area contributed by atoms with E-state index in [1.807, 2.05) is 12.1 Å². The van der Waals surface area contributed by atoms with E-state index in [-0.39, 0.29) is 0 Å². The summed E-state index contributed by atoms with van der Waals surface area (Å²) in [5.74, 6) is 1.48. The second-order valence-electron chi connectivity index (χ2n) is 3.60. The Morgan fingerprint density at radius 3 is 2.41 bits per heavy atom. The largest absolute Gasteiger partial charge is 0.231 e. The predicted octanol–water partition coefficient (Wildman–Crippen LogP) is 3.75. The molecule has 0 bridgehead atoms. The monoisotopic (exact) mass is 308 g/mol. The fourth-order valence-corrected chi connectivity index (χ4v) is 3.33. The first kappa shape index (κ1) is 12.6. The van der Waals surface area contributed by atoms with Crippen LogP contribution < -0.4 is 0 Å². The number of benzene rings is 1. The first-order valence-corrected chi connectivity index (χ1v) is 7.51. The highest BCUT2D eigenvalue weighted by molar-refractivity contribution is 9.09. The first-order valence-electron chi connectivity index (χ1n) is 5.41. The summed E-state index contributed by atoms with van der Waals surface area (Å²) in [5.41, 5.74) is 1.35. The number of thioether (sulfide) groups is 1. The maximum absolute atomic E-state index is 4.22. The Morgan fingerprint density at radius 2 is 1.76 bits per heavy atom. The summed E-state index contributed by atoms with van der Waals surface area (Å²) < 4.78 is 0. The average molecular weight is 309 g/mol. The molecule has 0 fully saturated rings. The highest BCUT2D eigenvalue weighted by Crippen LogP contribution is 2.25. The summed E-state index contributed by atoms with van der Waals surface area (Å²) in [4.78, 5) is 8.43. The van der Waals surface area contributed by atoms with Gasteiger partial charge in [0.2, 0.25) is 0 Å². The number of nitrogens with zero attached hydrogens (tertiary/aromatic N) is 2. The van der Waals surface area contributed by atoms with E-state index in [1.54, 1.807) is 24.2 Å². The molecule has 4 heteroatoms. The molecule has 0 amide bonds. The van der Waals surface area contributed by atoms with E-state index in [0.717, 1.165) is 16.2 Å². The molecule has 0 aliphatic heterocycles. The Kier molecular flexibility index (Phi) is 5.01. The molecule has 2 aromatic rings. The molecule has 0 N–H and O–H groups in total. The number of alkyl halides is 1. The van der Waals surface area contributed by atoms with Crippen LogP contribution in [-0.4, -0.2) is 21.1 Å². The molecule has 1 aromatic carbocycles. The number of hydrogen-bond donors (Lipinski definition) is 0. The standard InChI is InChI=1S/C13H13BrN2S/c14-9-12(11-5-2-1-3-6-11)10-17-13-15-7-4-8-16-13/h1-8,12H,9-10H2. The van der Waals surface area contributed by atoms with Crippen molar-refractivity contribution in [3.8, 4) is 0 Å². The second kappa shape index (κ2) is 6.77. The zero-order valence-corrected chi connectivity index (χ0v) is 11.7. The van der Waals surface area contributed by atoms with Crippen LogP contribution in [0.4, 0.5) is 0 Å². The Balaban J connectivity index is 1.97. The molecule has 1 heterocycles. The van der Waals surface area contributed by atoms with Gasteiger partial charge in [0.15, 0.2) is 5.16 Å². The molecule has 2 nitrogen and oxygen atoms in total. The van der Waals surface area contributed by atoms with E-state index in [2.05, 4.69) is 50.2 Å². The summed E-state index contributed by atoms with van der Waals surface area (Å²) in [6.45, 7) is 0. The van der Waals surface area contributed by atoms with Crippen LogP contribution in [0.2, 0.25) is 0 Å². The Labute approximate surface area is 114 Å². The SMILES string of the molecule is BrCC(CSc1ncccn1)c1ccccc1. The highest BCUT2D eigenvalue weighted by Gasteiger charge is 2.10. The van der Waals surface area contributed by atoms with E-state index < -0.39 is 0 Å². The molecule has 0 saturated carbocycles. The van der Waals surface area contributed by atoms with Crippen LogP contribution in [0.3, 0.4) is 0 Å². The maximum Gasteiger partial charge on any atom is 0.187 e. The van der Waals surface area contributed by atoms with Gasteiger partial charge in [-0.25, -0.2) is 9.97 Å². The molecule has 0 spiro atoms. The van der Waals surface area contributed by atoms with Crippen molar-refractivity contribution < 1.29 is 0 Å². The van der Waals surface area contributed by atoms with Crippen molar-refractivity contribution >= 4 is 27.7 Å². The molecule has 0 aliphatic rings. The maximum atomic E-state index is 4.22. The summed E-state index contributed by atoms with van der Waals surface area (Å²) in [7, 11) is 0. The summed E-state index contributed by atoms with van der Waals surface area (Å²) in [6.07, 6.45) is 3.56. The zero-order chi connectivity index (χ0) is 11.9. The van der Waals surface area contributed by atoms with Crippen LogP contribution >= 0.6 is 27.7 Å². The third-order valence-corrected chi connectivity index (χ3v) is 4.23. The van der Waals surface area contributed by atoms with Crippen molar-refractivity contribution in [3.05, 3.63) is 54.4 Å². The van der Waals surface area contributed by atoms with E-state index in [9.17, 15) is 0 Å². The van der Waals surface area contributed by atoms with Crippen molar-refractivity contribution in [1.82, 2.24) is 9.97 Å². The lowest BCUT2D eigenvalue weighted by atomic mass is 10.0. The van der Waals surface area contributed by atoms with E-state index in [0.29, 0.717) is 5.92 Å². The van der Waals surface area contributed by atoms with Crippen LogP contribution in [0.15, 0.2) is 53.9 Å². The number of halogens is 1. The normalized spacial score (nSPS) is 12.3. The molecular weight excluding hydrogens is 296 g/mol. The van der Waals surface area contributed by atoms with Crippen molar-refractivity contribution in [2.75, 3.05) is 11.1 Å². The Morgan fingerprint density at radius 1 is 1.06 bits per heavy atom. The fraction of sp³-hybridized carbons (Fsp3) is 0.231. The van der Waals surface area contributed by atoms with Crippen molar-refractivity contribution in [3.63, 3.8) is 0 Å². The van der Waals surface area contributed by atoms with Gasteiger partial charge in [0, 0.05) is 29.4 Å². The van der Waals surface area contributed by atoms with Crippen molar-refractivity contribution in [2.45, 2.75) is 11.1 Å². The summed E-state index contributed by atoms with van der Waals surface area (Å²) in [6, 6.07) is 12.4. The third kappa shape index (κ3) is 3.82. The van der Waals surface area contributed by atoms with Gasteiger partial charge >= 0.3 is 0 Å². The molecule has 88 valence electrons. The summed E-state index contributed by atoms with van der Waals surface area (Å²) >= 11 is 5.27. The Hall–Kier alpha value is -0.870. The minimum absolute atomic E-state index is 0.491. The third-order valence-electron chi connectivity index (χ3n) is 2.41. The molecule has 1 unspecified atom stereocenters. The van der Waals surface area contributed by atoms with Gasteiger partial charge in [-0.2, -0.15) is 0 Å². The second-order valence-corrected chi connectivity index (χ2v) is 5.24. The Bertz CT molecular complexity index is 436. The van der Waals surface area contributed by atoms with Gasteiger partial charge in [-0.05, 0) is 11.6 Å². The molecule has 0 saturated heterocycles. The quantitative estimate of drug-likeness (QED) is 0.478. The molecular formula is C13H13BrN2S. The van der Waals surface area contributed by atoms with Gasteiger partial charge in [0.05, 0.1) is 0 Å². The fourth-order valence-electron chi connectivity index (χ4n) is 1.49. The van der Waals surface area contributed by atoms with Crippen molar-refractivity contribution in [1.29, 1.82) is 0 Å². The number of hydrogen-bond acceptors (Lipinski definition) is 3. The average Bonchev–Trinajstić information content (AvgIpc) is 2.42. The lowest BCUT2D eigenvalue weighted by molar-refractivity contribution is 0.890. The summed E-state index contributed by atoms with van der Waals surface area (Å²) in [5, 5.41) is 1.80. The molecule has 17 heavy (non-hydrogen) atoms. The van der Waals surface area contributed by atoms with Crippen LogP contribution in [0.5, 0.6) is 0 Å². The van der Waals surface area contributed by atoms with Gasteiger partial charge in [0.1, 0.15) is 0 Å². The molecule has 1 atom stereocenters. The van der Waals surface area contributed by atoms with Gasteiger partial charge in [-0.1, -0.05) is 58.0 Å². The van der Waals surface area contributed by atoms with Crippen LogP contribution in [-0.2, 0) is 0 Å². The lowest BCUT2D eigenvalue weighted by Crippen LogP contribution is -2.03. The molecule has 0 radical (unpaired) electrons. The number of rotatable bonds is 5. The van der Waals surface area contributed by atoms with Crippen LogP contribution in [0, 0.1) is 0 Å². The smallest absolute Gasteiger partial charge is 0.187 e. The van der Waals surface area contributed by atoms with Gasteiger partial charge < -0.3 is 0 Å².